The molecule has 0 bridgehead atoms. The Morgan fingerprint density at radius 2 is 1.83 bits per heavy atom. The van der Waals surface area contributed by atoms with Crippen LogP contribution in [0.2, 0.25) is 0 Å². The molecule has 0 heterocycles. The fourth-order valence-electron chi connectivity index (χ4n) is 2.39. The molecule has 24 heavy (non-hydrogen) atoms. The molecule has 1 aliphatic rings. The van der Waals surface area contributed by atoms with E-state index in [4.69, 9.17) is 0 Å². The van der Waals surface area contributed by atoms with Gasteiger partial charge in [-0.15, -0.1) is 11.8 Å². The number of rotatable bonds is 6. The average Bonchev–Trinajstić information content (AvgIpc) is 3.44. The van der Waals surface area contributed by atoms with Crippen LogP contribution in [0.15, 0.2) is 53.4 Å². The Balaban J connectivity index is 1.64. The van der Waals surface area contributed by atoms with Gasteiger partial charge < -0.3 is 10.6 Å². The van der Waals surface area contributed by atoms with Gasteiger partial charge in [0.25, 0.3) is 5.91 Å². The predicted molar refractivity (Wildman–Crippen MR) is 97.2 cm³/mol. The maximum absolute atomic E-state index is 12.2. The number of hydrogen-bond donors (Lipinski definition) is 2. The Kier molecular flexibility index (Phi) is 5.20. The van der Waals surface area contributed by atoms with Crippen molar-refractivity contribution in [2.24, 2.45) is 0 Å². The smallest absolute Gasteiger partial charge is 0.251 e. The van der Waals surface area contributed by atoms with E-state index < -0.39 is 0 Å². The summed E-state index contributed by atoms with van der Waals surface area (Å²) in [6.07, 6.45) is 4.12. The van der Waals surface area contributed by atoms with Crippen molar-refractivity contribution in [1.29, 1.82) is 0 Å². The summed E-state index contributed by atoms with van der Waals surface area (Å²) in [6, 6.07) is 16.0. The molecular weight excluding hydrogens is 320 g/mol. The molecule has 2 aromatic carbocycles. The monoisotopic (exact) mass is 340 g/mol. The van der Waals surface area contributed by atoms with Gasteiger partial charge in [0.1, 0.15) is 0 Å². The molecule has 2 N–H and O–H groups in total. The maximum atomic E-state index is 12.2. The van der Waals surface area contributed by atoms with Crippen molar-refractivity contribution in [2.75, 3.05) is 12.8 Å². The molecule has 1 aliphatic carbocycles. The third-order valence-electron chi connectivity index (χ3n) is 3.90. The molecule has 0 aromatic heterocycles. The molecule has 0 aliphatic heterocycles. The van der Waals surface area contributed by atoms with Crippen LogP contribution < -0.4 is 10.6 Å². The molecule has 0 radical (unpaired) electrons. The van der Waals surface area contributed by atoms with Gasteiger partial charge in [-0.2, -0.15) is 0 Å². The summed E-state index contributed by atoms with van der Waals surface area (Å²) >= 11 is 1.70. The highest BCUT2D eigenvalue weighted by Crippen LogP contribution is 2.23. The fourth-order valence-corrected chi connectivity index (χ4v) is 2.80. The minimum absolute atomic E-state index is 0.0159. The number of benzene rings is 2. The van der Waals surface area contributed by atoms with Crippen LogP contribution in [-0.2, 0) is 4.79 Å². The molecule has 2 amide bonds. The second-order valence-corrected chi connectivity index (χ2v) is 6.71. The van der Waals surface area contributed by atoms with E-state index in [-0.39, 0.29) is 18.4 Å². The second kappa shape index (κ2) is 7.53. The van der Waals surface area contributed by atoms with E-state index in [1.165, 1.54) is 4.90 Å². The van der Waals surface area contributed by atoms with Crippen LogP contribution in [0.3, 0.4) is 0 Å². The number of carbonyl (C=O) groups excluding carboxylic acids is 2. The maximum Gasteiger partial charge on any atom is 0.251 e. The summed E-state index contributed by atoms with van der Waals surface area (Å²) in [7, 11) is 0. The van der Waals surface area contributed by atoms with E-state index in [0.717, 1.165) is 24.0 Å². The van der Waals surface area contributed by atoms with Gasteiger partial charge in [-0.1, -0.05) is 24.3 Å². The molecule has 3 rings (SSSR count). The second-order valence-electron chi connectivity index (χ2n) is 5.83. The van der Waals surface area contributed by atoms with Crippen LogP contribution in [0.5, 0.6) is 0 Å². The summed E-state index contributed by atoms with van der Waals surface area (Å²) < 4.78 is 0. The van der Waals surface area contributed by atoms with Crippen molar-refractivity contribution in [3.05, 3.63) is 54.1 Å². The average molecular weight is 340 g/mol. The first-order valence-electron chi connectivity index (χ1n) is 7.98. The van der Waals surface area contributed by atoms with E-state index >= 15 is 0 Å². The van der Waals surface area contributed by atoms with Crippen LogP contribution in [0.25, 0.3) is 11.1 Å². The van der Waals surface area contributed by atoms with E-state index in [1.807, 2.05) is 36.6 Å². The Hall–Kier alpha value is -2.27. The topological polar surface area (TPSA) is 58.2 Å². The Morgan fingerprint density at radius 1 is 1.08 bits per heavy atom. The molecular formula is C19H20N2O2S. The first-order valence-corrected chi connectivity index (χ1v) is 9.20. The zero-order chi connectivity index (χ0) is 16.9. The summed E-state index contributed by atoms with van der Waals surface area (Å²) in [6.45, 7) is 0.0159. The molecule has 0 saturated heterocycles. The molecule has 1 saturated carbocycles. The predicted octanol–water partition coefficient (Wildman–Crippen LogP) is 3.08. The van der Waals surface area contributed by atoms with Crippen LogP contribution in [0.1, 0.15) is 23.2 Å². The van der Waals surface area contributed by atoms with Crippen molar-refractivity contribution in [2.45, 2.75) is 23.8 Å². The summed E-state index contributed by atoms with van der Waals surface area (Å²) in [5, 5.41) is 5.53. The summed E-state index contributed by atoms with van der Waals surface area (Å²) in [5.74, 6) is -0.363. The SMILES string of the molecule is CSc1ccc(-c2cccc(C(=O)NCC(=O)NC3CC3)c2)cc1. The molecule has 0 atom stereocenters. The van der Waals surface area contributed by atoms with Gasteiger partial charge in [-0.05, 0) is 54.5 Å². The molecule has 5 heteroatoms. The lowest BCUT2D eigenvalue weighted by molar-refractivity contribution is -0.120. The third kappa shape index (κ3) is 4.38. The molecule has 2 aromatic rings. The molecule has 124 valence electrons. The van der Waals surface area contributed by atoms with Gasteiger partial charge in [0.05, 0.1) is 6.54 Å². The minimum Gasteiger partial charge on any atom is -0.352 e. The van der Waals surface area contributed by atoms with Gasteiger partial charge in [-0.3, -0.25) is 9.59 Å². The van der Waals surface area contributed by atoms with Gasteiger partial charge in [0.15, 0.2) is 0 Å². The number of nitrogens with one attached hydrogen (secondary N) is 2. The number of amides is 2. The largest absolute Gasteiger partial charge is 0.352 e. The van der Waals surface area contributed by atoms with Crippen LogP contribution in [-0.4, -0.2) is 30.7 Å². The highest BCUT2D eigenvalue weighted by Gasteiger charge is 2.23. The van der Waals surface area contributed by atoms with Crippen molar-refractivity contribution in [1.82, 2.24) is 10.6 Å². The van der Waals surface area contributed by atoms with Gasteiger partial charge in [0.2, 0.25) is 5.91 Å². The molecule has 0 unspecified atom stereocenters. The number of carbonyl (C=O) groups is 2. The number of hydrogen-bond acceptors (Lipinski definition) is 3. The van der Waals surface area contributed by atoms with Crippen LogP contribution >= 0.6 is 11.8 Å². The zero-order valence-electron chi connectivity index (χ0n) is 13.5. The van der Waals surface area contributed by atoms with E-state index in [2.05, 4.69) is 22.8 Å². The van der Waals surface area contributed by atoms with E-state index in [1.54, 1.807) is 17.8 Å². The van der Waals surface area contributed by atoms with Crippen molar-refractivity contribution < 1.29 is 9.59 Å². The third-order valence-corrected chi connectivity index (χ3v) is 4.64. The van der Waals surface area contributed by atoms with Crippen molar-refractivity contribution in [3.8, 4) is 11.1 Å². The van der Waals surface area contributed by atoms with Gasteiger partial charge in [0, 0.05) is 16.5 Å². The first-order chi connectivity index (χ1) is 11.7. The van der Waals surface area contributed by atoms with Crippen molar-refractivity contribution in [3.63, 3.8) is 0 Å². The lowest BCUT2D eigenvalue weighted by Gasteiger charge is -2.08. The Bertz CT molecular complexity index is 739. The van der Waals surface area contributed by atoms with Crippen molar-refractivity contribution >= 4 is 23.6 Å². The highest BCUT2D eigenvalue weighted by atomic mass is 32.2. The standard InChI is InChI=1S/C19H20N2O2S/c1-24-17-9-5-13(6-10-17)14-3-2-4-15(11-14)19(23)20-12-18(22)21-16-7-8-16/h2-6,9-11,16H,7-8,12H2,1H3,(H,20,23)(H,21,22). The molecule has 4 nitrogen and oxygen atoms in total. The Labute approximate surface area is 146 Å². The minimum atomic E-state index is -0.233. The summed E-state index contributed by atoms with van der Waals surface area (Å²) in [4.78, 5) is 25.1. The zero-order valence-corrected chi connectivity index (χ0v) is 14.4. The quantitative estimate of drug-likeness (QED) is 0.795. The highest BCUT2D eigenvalue weighted by molar-refractivity contribution is 7.98. The summed E-state index contributed by atoms with van der Waals surface area (Å²) in [5.41, 5.74) is 2.60. The Morgan fingerprint density at radius 3 is 2.50 bits per heavy atom. The van der Waals surface area contributed by atoms with Gasteiger partial charge >= 0.3 is 0 Å². The number of thioether (sulfide) groups is 1. The van der Waals surface area contributed by atoms with E-state index in [9.17, 15) is 9.59 Å². The van der Waals surface area contributed by atoms with Crippen LogP contribution in [0.4, 0.5) is 0 Å². The fraction of sp³-hybridized carbons (Fsp3) is 0.263. The normalized spacial score (nSPS) is 13.4. The van der Waals surface area contributed by atoms with Gasteiger partial charge in [-0.25, -0.2) is 0 Å². The lowest BCUT2D eigenvalue weighted by atomic mass is 10.0. The molecule has 0 spiro atoms. The lowest BCUT2D eigenvalue weighted by Crippen LogP contribution is -2.37. The first kappa shape index (κ1) is 16.6. The van der Waals surface area contributed by atoms with Crippen LogP contribution in [0, 0.1) is 0 Å². The molecule has 1 fully saturated rings. The van der Waals surface area contributed by atoms with E-state index in [0.29, 0.717) is 11.6 Å².